The Bertz CT molecular complexity index is 1660. The van der Waals surface area contributed by atoms with Crippen molar-refractivity contribution in [3.05, 3.63) is 95.6 Å². The number of nitrogens with two attached hydrogens (primary N) is 1. The predicted octanol–water partition coefficient (Wildman–Crippen LogP) is 5.95. The number of halogens is 3. The molecule has 0 atom stereocenters. The van der Waals surface area contributed by atoms with Crippen LogP contribution in [0.25, 0.3) is 28.0 Å². The molecule has 0 radical (unpaired) electrons. The number of amides is 1. The second kappa shape index (κ2) is 9.05. The van der Waals surface area contributed by atoms with Gasteiger partial charge in [-0.2, -0.15) is 13.2 Å². The third kappa shape index (κ3) is 4.73. The molecule has 1 amide bonds. The smallest absolute Gasteiger partial charge is 0.384 e. The highest BCUT2D eigenvalue weighted by atomic mass is 19.4. The fourth-order valence-electron chi connectivity index (χ4n) is 4.12. The zero-order chi connectivity index (χ0) is 26.3. The summed E-state index contributed by atoms with van der Waals surface area (Å²) in [5.74, 6) is 0.309. The Balaban J connectivity index is 1.48. The summed E-state index contributed by atoms with van der Waals surface area (Å²) in [6.07, 6.45) is 0.442. The fraction of sp³-hybridized carbons (Fsp3) is 0.111. The van der Waals surface area contributed by atoms with Crippen LogP contribution in [0.1, 0.15) is 27.0 Å². The molecule has 0 saturated carbocycles. The molecule has 0 spiro atoms. The van der Waals surface area contributed by atoms with Crippen molar-refractivity contribution in [3.8, 4) is 17.1 Å². The molecule has 2 aromatic carbocycles. The van der Waals surface area contributed by atoms with E-state index in [0.29, 0.717) is 23.0 Å². The largest absolute Gasteiger partial charge is 0.416 e. The summed E-state index contributed by atoms with van der Waals surface area (Å²) in [6, 6.07) is 14.3. The molecular weight excluding hydrogens is 481 g/mol. The number of aromatic nitrogens is 4. The van der Waals surface area contributed by atoms with E-state index in [2.05, 4.69) is 20.3 Å². The van der Waals surface area contributed by atoms with Crippen LogP contribution in [-0.4, -0.2) is 25.4 Å². The second-order valence-corrected chi connectivity index (χ2v) is 8.63. The third-order valence-corrected chi connectivity index (χ3v) is 6.07. The standard InChI is InChI=1S/C27H21F3N6O/c1-15-4-6-19(35-26(37)17-5-3-16(2)21(9-17)27(28,29)30)10-20(15)22-11-23-18(13-32-22)7-8-36(23)25-12-24(31)33-14-34-25/h3-14H,1-2H3,(H,35,37)(H2,31,33,34). The highest BCUT2D eigenvalue weighted by molar-refractivity contribution is 6.04. The number of nitrogens with one attached hydrogen (secondary N) is 1. The Kier molecular flexibility index (Phi) is 5.87. The number of anilines is 2. The van der Waals surface area contributed by atoms with Crippen molar-refractivity contribution in [1.82, 2.24) is 19.5 Å². The Morgan fingerprint density at radius 1 is 0.946 bits per heavy atom. The van der Waals surface area contributed by atoms with E-state index < -0.39 is 17.6 Å². The molecule has 0 aliphatic carbocycles. The molecule has 10 heteroatoms. The highest BCUT2D eigenvalue weighted by Gasteiger charge is 2.33. The van der Waals surface area contributed by atoms with Crippen LogP contribution in [0.5, 0.6) is 0 Å². The van der Waals surface area contributed by atoms with E-state index in [1.54, 1.807) is 24.4 Å². The Morgan fingerprint density at radius 2 is 1.73 bits per heavy atom. The van der Waals surface area contributed by atoms with Crippen LogP contribution < -0.4 is 11.1 Å². The molecule has 5 aromatic rings. The molecule has 0 aliphatic rings. The van der Waals surface area contributed by atoms with Gasteiger partial charge in [-0.05, 0) is 61.4 Å². The van der Waals surface area contributed by atoms with Gasteiger partial charge in [0.15, 0.2) is 0 Å². The molecule has 5 rings (SSSR count). The number of aryl methyl sites for hydroxylation is 2. The molecule has 3 aromatic heterocycles. The van der Waals surface area contributed by atoms with E-state index >= 15 is 0 Å². The molecule has 7 nitrogen and oxygen atoms in total. The molecular formula is C27H21F3N6O. The highest BCUT2D eigenvalue weighted by Crippen LogP contribution is 2.33. The quantitative estimate of drug-likeness (QED) is 0.316. The minimum Gasteiger partial charge on any atom is -0.384 e. The molecule has 0 unspecified atom stereocenters. The molecule has 186 valence electrons. The van der Waals surface area contributed by atoms with Gasteiger partial charge in [-0.25, -0.2) is 9.97 Å². The van der Waals surface area contributed by atoms with E-state index in [0.717, 1.165) is 28.1 Å². The van der Waals surface area contributed by atoms with Crippen molar-refractivity contribution >= 4 is 28.3 Å². The van der Waals surface area contributed by atoms with Crippen LogP contribution in [0, 0.1) is 13.8 Å². The molecule has 37 heavy (non-hydrogen) atoms. The van der Waals surface area contributed by atoms with Crippen LogP contribution in [0.2, 0.25) is 0 Å². The lowest BCUT2D eigenvalue weighted by atomic mass is 10.0. The van der Waals surface area contributed by atoms with Crippen molar-refractivity contribution in [2.24, 2.45) is 0 Å². The summed E-state index contributed by atoms with van der Waals surface area (Å²) in [5.41, 5.74) is 8.54. The van der Waals surface area contributed by atoms with Crippen molar-refractivity contribution in [3.63, 3.8) is 0 Å². The number of hydrogen-bond acceptors (Lipinski definition) is 5. The molecule has 0 fully saturated rings. The van der Waals surface area contributed by atoms with Gasteiger partial charge in [0, 0.05) is 40.7 Å². The minimum absolute atomic E-state index is 0.0533. The second-order valence-electron chi connectivity index (χ2n) is 8.63. The maximum absolute atomic E-state index is 13.3. The monoisotopic (exact) mass is 502 g/mol. The number of carbonyl (C=O) groups excluding carboxylic acids is 1. The third-order valence-electron chi connectivity index (χ3n) is 6.07. The van der Waals surface area contributed by atoms with Crippen LogP contribution >= 0.6 is 0 Å². The molecule has 0 aliphatic heterocycles. The number of nitrogen functional groups attached to an aromatic ring is 1. The summed E-state index contributed by atoms with van der Waals surface area (Å²) >= 11 is 0. The van der Waals surface area contributed by atoms with Gasteiger partial charge in [-0.3, -0.25) is 9.78 Å². The topological polar surface area (TPSA) is 98.7 Å². The number of fused-ring (bicyclic) bond motifs is 1. The minimum atomic E-state index is -4.54. The van der Waals surface area contributed by atoms with Crippen molar-refractivity contribution < 1.29 is 18.0 Å². The predicted molar refractivity (Wildman–Crippen MR) is 135 cm³/mol. The number of carbonyl (C=O) groups is 1. The molecule has 0 bridgehead atoms. The van der Waals surface area contributed by atoms with Gasteiger partial charge >= 0.3 is 6.18 Å². The first-order valence-electron chi connectivity index (χ1n) is 11.3. The van der Waals surface area contributed by atoms with E-state index in [9.17, 15) is 18.0 Å². The van der Waals surface area contributed by atoms with Gasteiger partial charge in [0.05, 0.1) is 16.8 Å². The van der Waals surface area contributed by atoms with Crippen LogP contribution in [0.3, 0.4) is 0 Å². The number of pyridine rings is 1. The first-order chi connectivity index (χ1) is 17.6. The normalized spacial score (nSPS) is 11.6. The van der Waals surface area contributed by atoms with Gasteiger partial charge in [-0.1, -0.05) is 12.1 Å². The Hall–Kier alpha value is -4.73. The first kappa shape index (κ1) is 24.0. The van der Waals surface area contributed by atoms with Crippen LogP contribution in [-0.2, 0) is 6.18 Å². The van der Waals surface area contributed by atoms with Gasteiger partial charge in [0.1, 0.15) is 18.0 Å². The summed E-state index contributed by atoms with van der Waals surface area (Å²) in [5, 5.41) is 3.59. The van der Waals surface area contributed by atoms with Crippen molar-refractivity contribution in [2.75, 3.05) is 11.1 Å². The lowest BCUT2D eigenvalue weighted by molar-refractivity contribution is -0.138. The SMILES string of the molecule is Cc1ccc(NC(=O)c2ccc(C)c(C(F)(F)F)c2)cc1-c1cc2c(ccn2-c2cc(N)ncn2)cn1. The van der Waals surface area contributed by atoms with E-state index in [4.69, 9.17) is 5.73 Å². The average molecular weight is 503 g/mol. The molecule has 3 heterocycles. The number of hydrogen-bond donors (Lipinski definition) is 2. The Morgan fingerprint density at radius 3 is 2.49 bits per heavy atom. The molecule has 3 N–H and O–H groups in total. The number of alkyl halides is 3. The maximum Gasteiger partial charge on any atom is 0.416 e. The van der Waals surface area contributed by atoms with Gasteiger partial charge in [0.25, 0.3) is 5.91 Å². The van der Waals surface area contributed by atoms with E-state index in [-0.39, 0.29) is 11.1 Å². The number of nitrogens with zero attached hydrogens (tertiary/aromatic N) is 4. The maximum atomic E-state index is 13.3. The van der Waals surface area contributed by atoms with Gasteiger partial charge in [-0.15, -0.1) is 0 Å². The summed E-state index contributed by atoms with van der Waals surface area (Å²) in [7, 11) is 0. The van der Waals surface area contributed by atoms with Gasteiger partial charge in [0.2, 0.25) is 0 Å². The first-order valence-corrected chi connectivity index (χ1v) is 11.3. The zero-order valence-corrected chi connectivity index (χ0v) is 19.8. The van der Waals surface area contributed by atoms with E-state index in [1.807, 2.05) is 35.9 Å². The van der Waals surface area contributed by atoms with Crippen molar-refractivity contribution in [2.45, 2.75) is 20.0 Å². The number of rotatable bonds is 4. The average Bonchev–Trinajstić information content (AvgIpc) is 3.28. The van der Waals surface area contributed by atoms with Crippen LogP contribution in [0.4, 0.5) is 24.7 Å². The lowest BCUT2D eigenvalue weighted by Gasteiger charge is -2.13. The molecule has 0 saturated heterocycles. The Labute approximate surface area is 209 Å². The fourth-order valence-corrected chi connectivity index (χ4v) is 4.12. The summed E-state index contributed by atoms with van der Waals surface area (Å²) < 4.78 is 41.8. The van der Waals surface area contributed by atoms with Gasteiger partial charge < -0.3 is 15.6 Å². The van der Waals surface area contributed by atoms with Crippen molar-refractivity contribution in [1.29, 1.82) is 0 Å². The summed E-state index contributed by atoms with van der Waals surface area (Å²) in [4.78, 5) is 25.6. The lowest BCUT2D eigenvalue weighted by Crippen LogP contribution is -2.15. The summed E-state index contributed by atoms with van der Waals surface area (Å²) in [6.45, 7) is 3.27. The van der Waals surface area contributed by atoms with Crippen LogP contribution in [0.15, 0.2) is 73.3 Å². The zero-order valence-electron chi connectivity index (χ0n) is 19.8. The number of benzene rings is 2. The van der Waals surface area contributed by atoms with E-state index in [1.165, 1.54) is 25.4 Å².